The van der Waals surface area contributed by atoms with Gasteiger partial charge < -0.3 is 0 Å². The Labute approximate surface area is 79.6 Å². The molecule has 0 fully saturated rings. The van der Waals surface area contributed by atoms with E-state index >= 15 is 0 Å². The molecule has 1 aromatic carbocycles. The maximum absolute atomic E-state index is 6.11. The lowest BCUT2D eigenvalue weighted by Crippen LogP contribution is -1.87. The Kier molecular flexibility index (Phi) is 3.61. The fourth-order valence-corrected chi connectivity index (χ4v) is 1.44. The topological polar surface area (TPSA) is 0 Å². The maximum atomic E-state index is 6.11. The van der Waals surface area contributed by atoms with Crippen molar-refractivity contribution in [3.63, 3.8) is 0 Å². The van der Waals surface area contributed by atoms with E-state index in [2.05, 4.69) is 19.1 Å². The standard InChI is InChI=1S/C11H14Cl/c1-3-4-7-10-8-5-6-9(2)11(10)12/h5-6,8H,1,3-4,7H2,2H3. The molecule has 1 radical (unpaired) electrons. The summed E-state index contributed by atoms with van der Waals surface area (Å²) in [7, 11) is 0. The van der Waals surface area contributed by atoms with Gasteiger partial charge in [0.25, 0.3) is 0 Å². The average molecular weight is 182 g/mol. The molecule has 0 aliphatic rings. The Morgan fingerprint density at radius 2 is 2.17 bits per heavy atom. The first-order chi connectivity index (χ1) is 5.75. The van der Waals surface area contributed by atoms with Crippen LogP contribution in [0.3, 0.4) is 0 Å². The molecule has 0 spiro atoms. The molecule has 65 valence electrons. The molecule has 0 atom stereocenters. The fourth-order valence-electron chi connectivity index (χ4n) is 1.22. The van der Waals surface area contributed by atoms with Gasteiger partial charge in [-0.25, -0.2) is 0 Å². The van der Waals surface area contributed by atoms with Gasteiger partial charge in [-0.05, 0) is 30.9 Å². The zero-order chi connectivity index (χ0) is 8.97. The van der Waals surface area contributed by atoms with Gasteiger partial charge in [-0.3, -0.25) is 0 Å². The van der Waals surface area contributed by atoms with Crippen molar-refractivity contribution in [1.82, 2.24) is 0 Å². The van der Waals surface area contributed by atoms with Crippen LogP contribution >= 0.6 is 11.6 Å². The van der Waals surface area contributed by atoms with Crippen molar-refractivity contribution in [1.29, 1.82) is 0 Å². The number of rotatable bonds is 3. The van der Waals surface area contributed by atoms with Gasteiger partial charge in [0.2, 0.25) is 0 Å². The molecule has 0 amide bonds. The van der Waals surface area contributed by atoms with Gasteiger partial charge in [-0.15, -0.1) is 0 Å². The predicted molar refractivity (Wildman–Crippen MR) is 54.5 cm³/mol. The second kappa shape index (κ2) is 4.51. The molecular weight excluding hydrogens is 168 g/mol. The maximum Gasteiger partial charge on any atom is 0.0467 e. The predicted octanol–water partition coefficient (Wildman–Crippen LogP) is 3.81. The van der Waals surface area contributed by atoms with Gasteiger partial charge in [0.1, 0.15) is 0 Å². The van der Waals surface area contributed by atoms with Gasteiger partial charge >= 0.3 is 0 Å². The summed E-state index contributed by atoms with van der Waals surface area (Å²) in [5.41, 5.74) is 2.42. The number of aryl methyl sites for hydroxylation is 2. The molecule has 0 nitrogen and oxygen atoms in total. The lowest BCUT2D eigenvalue weighted by atomic mass is 10.1. The van der Waals surface area contributed by atoms with E-state index in [-0.39, 0.29) is 0 Å². The monoisotopic (exact) mass is 181 g/mol. The molecule has 0 N–H and O–H groups in total. The molecule has 0 heterocycles. The van der Waals surface area contributed by atoms with Crippen molar-refractivity contribution in [3.05, 3.63) is 41.3 Å². The van der Waals surface area contributed by atoms with E-state index in [1.807, 2.05) is 13.0 Å². The first-order valence-corrected chi connectivity index (χ1v) is 4.66. The summed E-state index contributed by atoms with van der Waals surface area (Å²) in [6.07, 6.45) is 3.14. The summed E-state index contributed by atoms with van der Waals surface area (Å²) in [5.74, 6) is 0. The lowest BCUT2D eigenvalue weighted by molar-refractivity contribution is 0.840. The van der Waals surface area contributed by atoms with E-state index in [1.165, 1.54) is 11.1 Å². The minimum Gasteiger partial charge on any atom is -0.0838 e. The summed E-state index contributed by atoms with van der Waals surface area (Å²) in [6.45, 7) is 5.85. The second-order valence-electron chi connectivity index (χ2n) is 3.01. The first-order valence-electron chi connectivity index (χ1n) is 4.29. The second-order valence-corrected chi connectivity index (χ2v) is 3.38. The molecule has 1 heteroatoms. The summed E-state index contributed by atoms with van der Waals surface area (Å²) >= 11 is 6.11. The molecule has 0 saturated carbocycles. The Balaban J connectivity index is 2.78. The summed E-state index contributed by atoms with van der Waals surface area (Å²) in [6, 6.07) is 6.18. The molecule has 12 heavy (non-hydrogen) atoms. The van der Waals surface area contributed by atoms with Crippen molar-refractivity contribution in [2.75, 3.05) is 0 Å². The highest BCUT2D eigenvalue weighted by Crippen LogP contribution is 2.21. The quantitative estimate of drug-likeness (QED) is 0.666. The van der Waals surface area contributed by atoms with Crippen molar-refractivity contribution < 1.29 is 0 Å². The van der Waals surface area contributed by atoms with Gasteiger partial charge in [0, 0.05) is 5.02 Å². The molecule has 0 aromatic heterocycles. The highest BCUT2D eigenvalue weighted by atomic mass is 35.5. The number of unbranched alkanes of at least 4 members (excludes halogenated alkanes) is 1. The zero-order valence-electron chi connectivity index (χ0n) is 7.44. The normalized spacial score (nSPS) is 10.2. The Morgan fingerprint density at radius 3 is 2.83 bits per heavy atom. The number of benzene rings is 1. The molecule has 1 rings (SSSR count). The van der Waals surface area contributed by atoms with E-state index in [0.29, 0.717) is 0 Å². The van der Waals surface area contributed by atoms with Crippen LogP contribution in [0.4, 0.5) is 0 Å². The van der Waals surface area contributed by atoms with Crippen molar-refractivity contribution >= 4 is 11.6 Å². The minimum absolute atomic E-state index is 0.922. The van der Waals surface area contributed by atoms with Crippen LogP contribution in [-0.4, -0.2) is 0 Å². The van der Waals surface area contributed by atoms with Gasteiger partial charge in [0.15, 0.2) is 0 Å². The van der Waals surface area contributed by atoms with E-state index in [1.54, 1.807) is 0 Å². The van der Waals surface area contributed by atoms with Crippen LogP contribution in [-0.2, 0) is 6.42 Å². The van der Waals surface area contributed by atoms with Gasteiger partial charge in [-0.2, -0.15) is 0 Å². The van der Waals surface area contributed by atoms with Gasteiger partial charge in [0.05, 0.1) is 0 Å². The summed E-state index contributed by atoms with van der Waals surface area (Å²) < 4.78 is 0. The third-order valence-corrected chi connectivity index (χ3v) is 2.51. The average Bonchev–Trinajstić information content (AvgIpc) is 2.08. The molecule has 0 unspecified atom stereocenters. The van der Waals surface area contributed by atoms with Gasteiger partial charge in [-0.1, -0.05) is 43.1 Å². The highest BCUT2D eigenvalue weighted by molar-refractivity contribution is 6.32. The van der Waals surface area contributed by atoms with E-state index < -0.39 is 0 Å². The van der Waals surface area contributed by atoms with Crippen LogP contribution in [0.2, 0.25) is 5.02 Å². The zero-order valence-corrected chi connectivity index (χ0v) is 8.19. The molecule has 0 bridgehead atoms. The van der Waals surface area contributed by atoms with Crippen LogP contribution in [0, 0.1) is 13.8 Å². The van der Waals surface area contributed by atoms with Crippen LogP contribution in [0.15, 0.2) is 18.2 Å². The van der Waals surface area contributed by atoms with Crippen molar-refractivity contribution in [3.8, 4) is 0 Å². The van der Waals surface area contributed by atoms with Crippen molar-refractivity contribution in [2.45, 2.75) is 26.2 Å². The van der Waals surface area contributed by atoms with Crippen LogP contribution in [0.25, 0.3) is 0 Å². The molecular formula is C11H14Cl. The van der Waals surface area contributed by atoms with E-state index in [0.717, 1.165) is 24.3 Å². The van der Waals surface area contributed by atoms with Crippen LogP contribution in [0.5, 0.6) is 0 Å². The highest BCUT2D eigenvalue weighted by Gasteiger charge is 2.00. The van der Waals surface area contributed by atoms with E-state index in [9.17, 15) is 0 Å². The van der Waals surface area contributed by atoms with Crippen molar-refractivity contribution in [2.24, 2.45) is 0 Å². The summed E-state index contributed by atoms with van der Waals surface area (Å²) in [5, 5.41) is 0.922. The number of hydrogen-bond acceptors (Lipinski definition) is 0. The van der Waals surface area contributed by atoms with Crippen LogP contribution < -0.4 is 0 Å². The lowest BCUT2D eigenvalue weighted by Gasteiger charge is -2.04. The molecule has 1 aromatic rings. The van der Waals surface area contributed by atoms with E-state index in [4.69, 9.17) is 11.6 Å². The van der Waals surface area contributed by atoms with Crippen LogP contribution in [0.1, 0.15) is 24.0 Å². The third kappa shape index (κ3) is 2.25. The fraction of sp³-hybridized carbons (Fsp3) is 0.364. The molecule has 0 aliphatic heterocycles. The third-order valence-electron chi connectivity index (χ3n) is 1.97. The Hall–Kier alpha value is -0.490. The minimum atomic E-state index is 0.922. The summed E-state index contributed by atoms with van der Waals surface area (Å²) in [4.78, 5) is 0. The molecule has 0 aliphatic carbocycles. The largest absolute Gasteiger partial charge is 0.0838 e. The smallest absolute Gasteiger partial charge is 0.0467 e. The Morgan fingerprint density at radius 1 is 1.42 bits per heavy atom. The first kappa shape index (κ1) is 9.60. The SMILES string of the molecule is [CH2]CCCc1cccc(C)c1Cl. The molecule has 0 saturated heterocycles. The number of hydrogen-bond donors (Lipinski definition) is 0. The number of halogens is 1. The Bertz CT molecular complexity index is 253.